The lowest BCUT2D eigenvalue weighted by Gasteiger charge is -2.47. The van der Waals surface area contributed by atoms with Gasteiger partial charge in [-0.3, -0.25) is 13.9 Å². The molecule has 2 aliphatic rings. The summed E-state index contributed by atoms with van der Waals surface area (Å²) in [5.41, 5.74) is 5.88. The largest absolute Gasteiger partial charge is 0.539 e. The van der Waals surface area contributed by atoms with Crippen molar-refractivity contribution in [1.82, 2.24) is 4.90 Å². The first kappa shape index (κ1) is 12.6. The highest BCUT2D eigenvalue weighted by Crippen LogP contribution is 2.34. The van der Waals surface area contributed by atoms with Gasteiger partial charge in [-0.15, -0.1) is 11.6 Å². The molecular formula is C8H8BClN2O4S. The van der Waals surface area contributed by atoms with Crippen LogP contribution >= 0.6 is 11.6 Å². The number of rotatable bonds is 2. The Labute approximate surface area is 106 Å². The lowest BCUT2D eigenvalue weighted by molar-refractivity contribution is -0.147. The molecule has 9 heteroatoms. The highest BCUT2D eigenvalue weighted by Gasteiger charge is 2.54. The number of β-lactam (4-membered cyclic amide) rings is 1. The Bertz CT molecular complexity index is 455. The molecule has 2 aliphatic heterocycles. The van der Waals surface area contributed by atoms with Crippen molar-refractivity contribution in [3.63, 3.8) is 0 Å². The van der Waals surface area contributed by atoms with Crippen molar-refractivity contribution in [2.24, 2.45) is 5.73 Å². The molecule has 0 spiro atoms. The highest BCUT2D eigenvalue weighted by atomic mass is 35.5. The summed E-state index contributed by atoms with van der Waals surface area (Å²) in [6.07, 6.45) is 0. The van der Waals surface area contributed by atoms with E-state index in [1.165, 1.54) is 0 Å². The summed E-state index contributed by atoms with van der Waals surface area (Å²) in [5.74, 6) is -1.29. The molecule has 0 saturated carbocycles. The SMILES string of the molecule is [B]OC(=O)C1=C(CCl)CS(=O)[C@@H]2[C@H](N)C(=O)N12. The topological polar surface area (TPSA) is 89.7 Å². The molecule has 0 aromatic carbocycles. The van der Waals surface area contributed by atoms with Crippen LogP contribution in [0.15, 0.2) is 11.3 Å². The zero-order valence-electron chi connectivity index (χ0n) is 8.59. The second kappa shape index (κ2) is 4.43. The summed E-state index contributed by atoms with van der Waals surface area (Å²) >= 11 is 5.65. The Balaban J connectivity index is 2.46. The third-order valence-electron chi connectivity index (χ3n) is 2.71. The Morgan fingerprint density at radius 1 is 1.71 bits per heavy atom. The van der Waals surface area contributed by atoms with Crippen LogP contribution in [-0.2, 0) is 25.0 Å². The van der Waals surface area contributed by atoms with E-state index in [1.807, 2.05) is 0 Å². The highest BCUT2D eigenvalue weighted by molar-refractivity contribution is 7.86. The molecule has 1 amide bonds. The minimum Gasteiger partial charge on any atom is -0.539 e. The van der Waals surface area contributed by atoms with Crippen LogP contribution < -0.4 is 5.73 Å². The maximum Gasteiger partial charge on any atom is 0.378 e. The van der Waals surface area contributed by atoms with E-state index in [-0.39, 0.29) is 17.3 Å². The van der Waals surface area contributed by atoms with E-state index in [0.717, 1.165) is 4.90 Å². The molecule has 1 saturated heterocycles. The summed E-state index contributed by atoms with van der Waals surface area (Å²) in [4.78, 5) is 24.1. The van der Waals surface area contributed by atoms with Gasteiger partial charge in [0.15, 0.2) is 0 Å². The quantitative estimate of drug-likeness (QED) is 0.371. The minimum atomic E-state index is -1.36. The van der Waals surface area contributed by atoms with Gasteiger partial charge >= 0.3 is 14.0 Å². The second-order valence-corrected chi connectivity index (χ2v) is 5.44. The van der Waals surface area contributed by atoms with Crippen molar-refractivity contribution in [2.45, 2.75) is 11.4 Å². The Morgan fingerprint density at radius 2 is 2.35 bits per heavy atom. The van der Waals surface area contributed by atoms with E-state index >= 15 is 0 Å². The van der Waals surface area contributed by atoms with E-state index in [1.54, 1.807) is 0 Å². The number of alkyl halides is 1. The molecule has 1 unspecified atom stereocenters. The van der Waals surface area contributed by atoms with Crippen LogP contribution in [0.4, 0.5) is 0 Å². The van der Waals surface area contributed by atoms with Gasteiger partial charge in [0.1, 0.15) is 17.1 Å². The molecule has 2 heterocycles. The van der Waals surface area contributed by atoms with Gasteiger partial charge in [0.2, 0.25) is 5.91 Å². The summed E-state index contributed by atoms with van der Waals surface area (Å²) < 4.78 is 15.9. The standard InChI is InChI=1S/C8H8BClN2O4S/c9-16-8(14)5-3(1-10)2-17(15)7-4(11)6(13)12(5)7/h4,7H,1-2,11H2/t4-,7-,17?/m1/s1. The van der Waals surface area contributed by atoms with Crippen LogP contribution in [0.2, 0.25) is 0 Å². The van der Waals surface area contributed by atoms with E-state index < -0.39 is 34.1 Å². The summed E-state index contributed by atoms with van der Waals surface area (Å²) in [5, 5.41) is -0.691. The molecule has 2 rings (SSSR count). The molecule has 90 valence electrons. The van der Waals surface area contributed by atoms with Gasteiger partial charge in [-0.05, 0) is 5.57 Å². The van der Waals surface area contributed by atoms with Crippen LogP contribution in [0.1, 0.15) is 0 Å². The minimum absolute atomic E-state index is 0.0259. The number of hydrogen-bond acceptors (Lipinski definition) is 5. The van der Waals surface area contributed by atoms with Crippen LogP contribution in [0.3, 0.4) is 0 Å². The lowest BCUT2D eigenvalue weighted by atomic mass is 10.0. The second-order valence-electron chi connectivity index (χ2n) is 3.64. The normalized spacial score (nSPS) is 32.0. The summed E-state index contributed by atoms with van der Waals surface area (Å²) in [6, 6.07) is -0.853. The predicted molar refractivity (Wildman–Crippen MR) is 61.2 cm³/mol. The molecular weight excluding hydrogens is 266 g/mol. The van der Waals surface area contributed by atoms with Gasteiger partial charge < -0.3 is 10.4 Å². The first-order valence-corrected chi connectivity index (χ1v) is 6.59. The number of nitrogens with zero attached hydrogens (tertiary/aromatic N) is 1. The fraction of sp³-hybridized carbons (Fsp3) is 0.500. The van der Waals surface area contributed by atoms with Crippen molar-refractivity contribution in [3.8, 4) is 0 Å². The van der Waals surface area contributed by atoms with Crippen molar-refractivity contribution < 1.29 is 18.5 Å². The summed E-state index contributed by atoms with van der Waals surface area (Å²) in [7, 11) is 3.44. The molecule has 3 atom stereocenters. The van der Waals surface area contributed by atoms with E-state index in [0.29, 0.717) is 5.57 Å². The summed E-state index contributed by atoms with van der Waals surface area (Å²) in [6.45, 7) is 0. The van der Waals surface area contributed by atoms with Crippen LogP contribution in [-0.4, -0.2) is 52.1 Å². The third-order valence-corrected chi connectivity index (χ3v) is 4.71. The molecule has 0 aromatic rings. The molecule has 2 N–H and O–H groups in total. The molecule has 17 heavy (non-hydrogen) atoms. The van der Waals surface area contributed by atoms with Gasteiger partial charge in [-0.1, -0.05) is 0 Å². The van der Waals surface area contributed by atoms with E-state index in [9.17, 15) is 13.8 Å². The Morgan fingerprint density at radius 3 is 2.88 bits per heavy atom. The van der Waals surface area contributed by atoms with Crippen LogP contribution in [0.25, 0.3) is 0 Å². The zero-order valence-corrected chi connectivity index (χ0v) is 10.2. The van der Waals surface area contributed by atoms with Gasteiger partial charge in [0.25, 0.3) is 0 Å². The van der Waals surface area contributed by atoms with Crippen molar-refractivity contribution in [2.75, 3.05) is 11.6 Å². The van der Waals surface area contributed by atoms with Gasteiger partial charge in [0.05, 0.1) is 16.6 Å². The first-order chi connectivity index (χ1) is 8.02. The van der Waals surface area contributed by atoms with E-state index in [4.69, 9.17) is 25.4 Å². The predicted octanol–water partition coefficient (Wildman–Crippen LogP) is -1.64. The monoisotopic (exact) mass is 274 g/mol. The fourth-order valence-corrected chi connectivity index (χ4v) is 3.88. The molecule has 6 nitrogen and oxygen atoms in total. The van der Waals surface area contributed by atoms with Crippen LogP contribution in [0, 0.1) is 0 Å². The number of carbonyl (C=O) groups is 2. The average Bonchev–Trinajstić information content (AvgIpc) is 2.35. The van der Waals surface area contributed by atoms with Crippen LogP contribution in [0.5, 0.6) is 0 Å². The molecule has 1 fully saturated rings. The number of amides is 1. The van der Waals surface area contributed by atoms with Gasteiger partial charge in [-0.2, -0.15) is 0 Å². The Kier molecular flexibility index (Phi) is 3.29. The maximum absolute atomic E-state index is 11.8. The van der Waals surface area contributed by atoms with Gasteiger partial charge in [-0.25, -0.2) is 4.79 Å². The molecule has 0 aromatic heterocycles. The van der Waals surface area contributed by atoms with E-state index in [2.05, 4.69) is 4.65 Å². The molecule has 2 radical (unpaired) electrons. The number of halogens is 1. The van der Waals surface area contributed by atoms with Crippen molar-refractivity contribution >= 4 is 42.3 Å². The first-order valence-electron chi connectivity index (χ1n) is 4.67. The fourth-order valence-electron chi connectivity index (χ4n) is 1.90. The smallest absolute Gasteiger partial charge is 0.378 e. The van der Waals surface area contributed by atoms with Crippen molar-refractivity contribution in [1.29, 1.82) is 0 Å². The average molecular weight is 274 g/mol. The van der Waals surface area contributed by atoms with Crippen molar-refractivity contribution in [3.05, 3.63) is 11.3 Å². The molecule has 0 aliphatic carbocycles. The van der Waals surface area contributed by atoms with Gasteiger partial charge in [0, 0.05) is 5.88 Å². The Hall–Kier alpha value is -0.855. The molecule has 0 bridgehead atoms. The number of hydrogen-bond donors (Lipinski definition) is 1. The third kappa shape index (κ3) is 1.71. The number of fused-ring (bicyclic) bond motifs is 1. The maximum atomic E-state index is 11.8. The number of nitrogens with two attached hydrogens (primary N) is 1. The zero-order chi connectivity index (χ0) is 12.7. The lowest BCUT2D eigenvalue weighted by Crippen LogP contribution is -2.72. The number of carbonyl (C=O) groups excluding carboxylic acids is 2.